The van der Waals surface area contributed by atoms with E-state index in [0.717, 1.165) is 21.8 Å². The smallest absolute Gasteiger partial charge is 0.272 e. The van der Waals surface area contributed by atoms with Crippen LogP contribution in [0.15, 0.2) is 150 Å². The molecule has 2 N–H and O–H groups in total. The molecule has 0 saturated heterocycles. The van der Waals surface area contributed by atoms with Gasteiger partial charge in [-0.15, -0.1) is 11.8 Å². The minimum Gasteiger partial charge on any atom is -0.321 e. The average molecular weight is 626 g/mol. The summed E-state index contributed by atoms with van der Waals surface area (Å²) in [4.78, 5) is 42.6. The van der Waals surface area contributed by atoms with Gasteiger partial charge in [0.15, 0.2) is 0 Å². The fourth-order valence-electron chi connectivity index (χ4n) is 4.75. The second kappa shape index (κ2) is 15.5. The van der Waals surface area contributed by atoms with Gasteiger partial charge >= 0.3 is 0 Å². The summed E-state index contributed by atoms with van der Waals surface area (Å²) in [7, 11) is 0. The average Bonchev–Trinajstić information content (AvgIpc) is 3.09. The van der Waals surface area contributed by atoms with Gasteiger partial charge in [-0.1, -0.05) is 98.8 Å². The lowest BCUT2D eigenvalue weighted by molar-refractivity contribution is -0.115. The van der Waals surface area contributed by atoms with Crippen molar-refractivity contribution in [2.75, 3.05) is 16.0 Å². The molecule has 0 saturated carbocycles. The number of benzene rings is 5. The van der Waals surface area contributed by atoms with Gasteiger partial charge in [-0.2, -0.15) is 0 Å². The molecule has 7 heteroatoms. The number of carbonyl (C=O) groups excluding carboxylic acids is 3. The summed E-state index contributed by atoms with van der Waals surface area (Å²) >= 11 is 1.38. The van der Waals surface area contributed by atoms with Crippen LogP contribution in [-0.4, -0.2) is 23.5 Å². The first-order valence-corrected chi connectivity index (χ1v) is 16.0. The van der Waals surface area contributed by atoms with Crippen molar-refractivity contribution in [1.29, 1.82) is 0 Å². The van der Waals surface area contributed by atoms with E-state index >= 15 is 0 Å². The quantitative estimate of drug-likeness (QED) is 0.114. The van der Waals surface area contributed by atoms with Crippen molar-refractivity contribution in [3.63, 3.8) is 0 Å². The van der Waals surface area contributed by atoms with Crippen LogP contribution < -0.4 is 15.5 Å². The standard InChI is InChI=1S/C39H35N3O3S/c1-28(2)30-23-21-29(22-24-30)25-36(41-38(44)31-13-6-3-7-14-31)39(45)40-32-15-12-20-35(26-32)46-27-37(43)42(33-16-8-4-9-17-33)34-18-10-5-11-19-34/h3-26,28H,27H2,1-2H3,(H,40,45)(H,41,44)/b36-25-. The number of rotatable bonds is 11. The molecule has 5 aromatic rings. The predicted molar refractivity (Wildman–Crippen MR) is 188 cm³/mol. The summed E-state index contributed by atoms with van der Waals surface area (Å²) in [5.74, 6) is -0.362. The molecule has 0 aliphatic rings. The Bertz CT molecular complexity index is 1770. The molecule has 0 aliphatic carbocycles. The lowest BCUT2D eigenvalue weighted by Gasteiger charge is -2.23. The van der Waals surface area contributed by atoms with Gasteiger partial charge in [-0.05, 0) is 77.7 Å². The lowest BCUT2D eigenvalue weighted by atomic mass is 10.0. The Labute approximate surface area is 274 Å². The van der Waals surface area contributed by atoms with Gasteiger partial charge < -0.3 is 10.6 Å². The van der Waals surface area contributed by atoms with Crippen molar-refractivity contribution in [2.24, 2.45) is 0 Å². The second-order valence-corrected chi connectivity index (χ2v) is 11.9. The maximum absolute atomic E-state index is 13.6. The highest BCUT2D eigenvalue weighted by atomic mass is 32.2. The van der Waals surface area contributed by atoms with Crippen molar-refractivity contribution < 1.29 is 14.4 Å². The predicted octanol–water partition coefficient (Wildman–Crippen LogP) is 8.68. The van der Waals surface area contributed by atoms with Crippen LogP contribution in [0.5, 0.6) is 0 Å². The zero-order valence-corrected chi connectivity index (χ0v) is 26.5. The monoisotopic (exact) mass is 625 g/mol. The molecule has 5 aromatic carbocycles. The van der Waals surface area contributed by atoms with Gasteiger partial charge in [0.2, 0.25) is 5.91 Å². The van der Waals surface area contributed by atoms with E-state index in [9.17, 15) is 14.4 Å². The number of nitrogens with zero attached hydrogens (tertiary/aromatic N) is 1. The van der Waals surface area contributed by atoms with Crippen LogP contribution in [0.3, 0.4) is 0 Å². The van der Waals surface area contributed by atoms with E-state index in [1.807, 2.05) is 109 Å². The Balaban J connectivity index is 1.32. The Morgan fingerprint density at radius 3 is 1.89 bits per heavy atom. The van der Waals surface area contributed by atoms with Crippen LogP contribution in [-0.2, 0) is 9.59 Å². The maximum Gasteiger partial charge on any atom is 0.272 e. The summed E-state index contributed by atoms with van der Waals surface area (Å²) in [5, 5.41) is 5.71. The first-order chi connectivity index (χ1) is 22.4. The van der Waals surface area contributed by atoms with Gasteiger partial charge in [0.25, 0.3) is 11.8 Å². The van der Waals surface area contributed by atoms with Crippen LogP contribution in [0.1, 0.15) is 41.3 Å². The maximum atomic E-state index is 13.6. The molecular weight excluding hydrogens is 591 g/mol. The third-order valence-corrected chi connectivity index (χ3v) is 8.15. The number of thioether (sulfide) groups is 1. The molecule has 3 amide bonds. The summed E-state index contributed by atoms with van der Waals surface area (Å²) in [6.45, 7) is 4.24. The zero-order chi connectivity index (χ0) is 32.3. The molecule has 0 fully saturated rings. The van der Waals surface area contributed by atoms with E-state index in [1.165, 1.54) is 17.3 Å². The molecule has 0 radical (unpaired) electrons. The summed E-state index contributed by atoms with van der Waals surface area (Å²) in [6.07, 6.45) is 1.67. The van der Waals surface area contributed by atoms with Crippen molar-refractivity contribution >= 4 is 52.6 Å². The highest BCUT2D eigenvalue weighted by Crippen LogP contribution is 2.28. The number of carbonyl (C=O) groups is 3. The molecule has 5 rings (SSSR count). The molecule has 0 aromatic heterocycles. The van der Waals surface area contributed by atoms with Gasteiger partial charge in [-0.3, -0.25) is 19.3 Å². The molecule has 230 valence electrons. The topological polar surface area (TPSA) is 78.5 Å². The third-order valence-electron chi connectivity index (χ3n) is 7.18. The Morgan fingerprint density at radius 1 is 0.717 bits per heavy atom. The fraction of sp³-hybridized carbons (Fsp3) is 0.103. The second-order valence-electron chi connectivity index (χ2n) is 10.9. The van der Waals surface area contributed by atoms with E-state index in [2.05, 4.69) is 24.5 Å². The van der Waals surface area contributed by atoms with Gasteiger partial charge in [0.05, 0.1) is 5.75 Å². The molecular formula is C39H35N3O3S. The largest absolute Gasteiger partial charge is 0.321 e. The fourth-order valence-corrected chi connectivity index (χ4v) is 5.55. The lowest BCUT2D eigenvalue weighted by Crippen LogP contribution is -2.30. The molecule has 6 nitrogen and oxygen atoms in total. The summed E-state index contributed by atoms with van der Waals surface area (Å²) in [5.41, 5.74) is 4.64. The number of hydrogen-bond acceptors (Lipinski definition) is 4. The highest BCUT2D eigenvalue weighted by Gasteiger charge is 2.19. The number of anilines is 3. The van der Waals surface area contributed by atoms with E-state index in [0.29, 0.717) is 17.2 Å². The number of para-hydroxylation sites is 2. The minimum absolute atomic E-state index is 0.0748. The van der Waals surface area contributed by atoms with Crippen molar-refractivity contribution in [1.82, 2.24) is 5.32 Å². The molecule has 0 spiro atoms. The van der Waals surface area contributed by atoms with Crippen LogP contribution >= 0.6 is 11.8 Å². The molecule has 0 heterocycles. The van der Waals surface area contributed by atoms with E-state index in [1.54, 1.807) is 41.3 Å². The number of nitrogens with one attached hydrogen (secondary N) is 2. The molecule has 46 heavy (non-hydrogen) atoms. The molecule has 0 aliphatic heterocycles. The Morgan fingerprint density at radius 2 is 1.30 bits per heavy atom. The Kier molecular flexibility index (Phi) is 10.8. The van der Waals surface area contributed by atoms with Crippen LogP contribution in [0.2, 0.25) is 0 Å². The first kappa shape index (κ1) is 32.0. The van der Waals surface area contributed by atoms with Crippen LogP contribution in [0.25, 0.3) is 6.08 Å². The van der Waals surface area contributed by atoms with Crippen molar-refractivity contribution in [2.45, 2.75) is 24.7 Å². The number of hydrogen-bond donors (Lipinski definition) is 2. The van der Waals surface area contributed by atoms with Crippen molar-refractivity contribution in [3.8, 4) is 0 Å². The summed E-state index contributed by atoms with van der Waals surface area (Å²) < 4.78 is 0. The van der Waals surface area contributed by atoms with Crippen LogP contribution in [0, 0.1) is 0 Å². The van der Waals surface area contributed by atoms with Gasteiger partial charge in [0, 0.05) is 27.5 Å². The zero-order valence-electron chi connectivity index (χ0n) is 25.7. The van der Waals surface area contributed by atoms with Crippen molar-refractivity contribution in [3.05, 3.63) is 162 Å². The Hall–Kier alpha value is -5.40. The van der Waals surface area contributed by atoms with Crippen LogP contribution in [0.4, 0.5) is 17.1 Å². The SMILES string of the molecule is CC(C)c1ccc(/C=C(\NC(=O)c2ccccc2)C(=O)Nc2cccc(SCC(=O)N(c3ccccc3)c3ccccc3)c2)cc1. The molecule has 0 atom stereocenters. The minimum atomic E-state index is -0.463. The van der Waals surface area contributed by atoms with E-state index in [-0.39, 0.29) is 23.3 Å². The van der Waals surface area contributed by atoms with E-state index in [4.69, 9.17) is 0 Å². The number of amides is 3. The third kappa shape index (κ3) is 8.61. The van der Waals surface area contributed by atoms with Gasteiger partial charge in [0.1, 0.15) is 5.70 Å². The van der Waals surface area contributed by atoms with E-state index < -0.39 is 5.91 Å². The molecule has 0 bridgehead atoms. The molecule has 0 unspecified atom stereocenters. The van der Waals surface area contributed by atoms with Gasteiger partial charge in [-0.25, -0.2) is 0 Å². The highest BCUT2D eigenvalue weighted by molar-refractivity contribution is 8.00. The first-order valence-electron chi connectivity index (χ1n) is 15.0. The normalized spacial score (nSPS) is 11.2. The summed E-state index contributed by atoms with van der Waals surface area (Å²) in [6, 6.07) is 43.1.